The molecular formula is C22H24ClN3O2S. The lowest BCUT2D eigenvalue weighted by Gasteiger charge is -2.29. The first kappa shape index (κ1) is 20.3. The number of carbonyl (C=O) groups is 1. The van der Waals surface area contributed by atoms with E-state index in [0.717, 1.165) is 54.6 Å². The van der Waals surface area contributed by atoms with E-state index >= 15 is 0 Å². The molecule has 1 saturated heterocycles. The highest BCUT2D eigenvalue weighted by Gasteiger charge is 2.21. The van der Waals surface area contributed by atoms with Crippen LogP contribution in [0, 0.1) is 0 Å². The molecule has 1 fully saturated rings. The Labute approximate surface area is 179 Å². The zero-order chi connectivity index (χ0) is 20.1. The van der Waals surface area contributed by atoms with E-state index in [1.54, 1.807) is 0 Å². The molecule has 0 saturated carbocycles. The number of aryl methyl sites for hydroxylation is 1. The molecule has 29 heavy (non-hydrogen) atoms. The van der Waals surface area contributed by atoms with Gasteiger partial charge in [-0.25, -0.2) is 4.98 Å². The van der Waals surface area contributed by atoms with Gasteiger partial charge in [-0.15, -0.1) is 0 Å². The summed E-state index contributed by atoms with van der Waals surface area (Å²) >= 11 is 7.65. The molecule has 0 aliphatic carbocycles. The van der Waals surface area contributed by atoms with Crippen LogP contribution in [0.2, 0.25) is 5.02 Å². The number of anilines is 1. The van der Waals surface area contributed by atoms with Gasteiger partial charge in [0.2, 0.25) is 5.91 Å². The number of aromatic nitrogens is 1. The maximum atomic E-state index is 13.2. The van der Waals surface area contributed by atoms with E-state index < -0.39 is 0 Å². The van der Waals surface area contributed by atoms with Gasteiger partial charge in [-0.05, 0) is 30.2 Å². The summed E-state index contributed by atoms with van der Waals surface area (Å²) in [5, 5.41) is 1.43. The first-order chi connectivity index (χ1) is 14.2. The van der Waals surface area contributed by atoms with Gasteiger partial charge in [-0.3, -0.25) is 14.6 Å². The molecule has 0 unspecified atom stereocenters. The van der Waals surface area contributed by atoms with E-state index in [9.17, 15) is 4.79 Å². The highest BCUT2D eigenvalue weighted by atomic mass is 35.5. The van der Waals surface area contributed by atoms with Gasteiger partial charge in [0.1, 0.15) is 0 Å². The smallest absolute Gasteiger partial charge is 0.229 e. The predicted molar refractivity (Wildman–Crippen MR) is 119 cm³/mol. The molecule has 1 aliphatic rings. The van der Waals surface area contributed by atoms with E-state index in [-0.39, 0.29) is 5.91 Å². The summed E-state index contributed by atoms with van der Waals surface area (Å²) < 4.78 is 6.43. The number of halogens is 1. The minimum absolute atomic E-state index is 0.104. The third kappa shape index (κ3) is 5.34. The first-order valence-electron chi connectivity index (χ1n) is 9.89. The lowest BCUT2D eigenvalue weighted by molar-refractivity contribution is -0.118. The highest BCUT2D eigenvalue weighted by Crippen LogP contribution is 2.31. The van der Waals surface area contributed by atoms with E-state index in [1.165, 1.54) is 16.9 Å². The zero-order valence-corrected chi connectivity index (χ0v) is 17.8. The fraction of sp³-hybridized carbons (Fsp3) is 0.364. The van der Waals surface area contributed by atoms with Crippen LogP contribution in [-0.4, -0.2) is 55.2 Å². The number of thiazole rings is 1. The van der Waals surface area contributed by atoms with Crippen molar-refractivity contribution in [3.63, 3.8) is 0 Å². The minimum atomic E-state index is 0.104. The van der Waals surface area contributed by atoms with Crippen molar-refractivity contribution >= 4 is 44.2 Å². The molecule has 0 bridgehead atoms. The third-order valence-electron chi connectivity index (χ3n) is 5.09. The highest BCUT2D eigenvalue weighted by molar-refractivity contribution is 7.22. The minimum Gasteiger partial charge on any atom is -0.379 e. The monoisotopic (exact) mass is 429 g/mol. The topological polar surface area (TPSA) is 45.7 Å². The molecule has 0 N–H and O–H groups in total. The first-order valence-corrected chi connectivity index (χ1v) is 11.1. The Morgan fingerprint density at radius 2 is 1.97 bits per heavy atom. The molecule has 1 aliphatic heterocycles. The Balaban J connectivity index is 1.51. The average Bonchev–Trinajstić information content (AvgIpc) is 3.16. The molecule has 152 valence electrons. The molecule has 0 spiro atoms. The van der Waals surface area contributed by atoms with Crippen LogP contribution in [0.5, 0.6) is 0 Å². The van der Waals surface area contributed by atoms with Gasteiger partial charge in [-0.1, -0.05) is 53.3 Å². The van der Waals surface area contributed by atoms with Crippen LogP contribution in [0.4, 0.5) is 5.13 Å². The van der Waals surface area contributed by atoms with E-state index in [1.807, 2.05) is 41.3 Å². The van der Waals surface area contributed by atoms with Crippen LogP contribution < -0.4 is 4.90 Å². The van der Waals surface area contributed by atoms with Gasteiger partial charge >= 0.3 is 0 Å². The molecule has 7 heteroatoms. The predicted octanol–water partition coefficient (Wildman–Crippen LogP) is 4.25. The quantitative estimate of drug-likeness (QED) is 0.563. The molecular weight excluding hydrogens is 406 g/mol. The summed E-state index contributed by atoms with van der Waals surface area (Å²) in [6.07, 6.45) is 1.19. The van der Waals surface area contributed by atoms with Crippen molar-refractivity contribution in [1.29, 1.82) is 0 Å². The van der Waals surface area contributed by atoms with Gasteiger partial charge in [-0.2, -0.15) is 0 Å². The molecule has 0 atom stereocenters. The number of amides is 1. The van der Waals surface area contributed by atoms with Crippen molar-refractivity contribution in [2.75, 3.05) is 44.3 Å². The molecule has 2 aromatic carbocycles. The van der Waals surface area contributed by atoms with Gasteiger partial charge in [0, 0.05) is 37.6 Å². The van der Waals surface area contributed by atoms with Gasteiger partial charge in [0.25, 0.3) is 0 Å². The number of benzene rings is 2. The van der Waals surface area contributed by atoms with Crippen LogP contribution in [0.15, 0.2) is 48.5 Å². The van der Waals surface area contributed by atoms with Crippen molar-refractivity contribution in [1.82, 2.24) is 9.88 Å². The summed E-state index contributed by atoms with van der Waals surface area (Å²) in [4.78, 5) is 22.1. The number of ether oxygens (including phenoxy) is 1. The largest absolute Gasteiger partial charge is 0.379 e. The second-order valence-corrected chi connectivity index (χ2v) is 8.54. The Hall–Kier alpha value is -1.99. The number of carbonyl (C=O) groups excluding carboxylic acids is 1. The van der Waals surface area contributed by atoms with E-state index in [0.29, 0.717) is 18.0 Å². The lowest BCUT2D eigenvalue weighted by atomic mass is 10.1. The average molecular weight is 430 g/mol. The van der Waals surface area contributed by atoms with Crippen molar-refractivity contribution in [3.8, 4) is 0 Å². The van der Waals surface area contributed by atoms with Crippen molar-refractivity contribution < 1.29 is 9.53 Å². The van der Waals surface area contributed by atoms with E-state index in [2.05, 4.69) is 17.0 Å². The van der Waals surface area contributed by atoms with Crippen LogP contribution >= 0.6 is 22.9 Å². The Morgan fingerprint density at radius 1 is 1.17 bits per heavy atom. The number of nitrogens with zero attached hydrogens (tertiary/aromatic N) is 3. The molecule has 0 radical (unpaired) electrons. The molecule has 5 nitrogen and oxygen atoms in total. The second kappa shape index (κ2) is 9.67. The molecule has 1 aromatic heterocycles. The van der Waals surface area contributed by atoms with Gasteiger partial charge in [0.15, 0.2) is 5.13 Å². The number of morpholine rings is 1. The number of rotatable bonds is 7. The maximum Gasteiger partial charge on any atom is 0.229 e. The van der Waals surface area contributed by atoms with Gasteiger partial charge in [0.05, 0.1) is 23.4 Å². The summed E-state index contributed by atoms with van der Waals surface area (Å²) in [7, 11) is 0. The van der Waals surface area contributed by atoms with Gasteiger partial charge < -0.3 is 4.74 Å². The molecule has 4 rings (SSSR count). The summed E-state index contributed by atoms with van der Waals surface area (Å²) in [5.41, 5.74) is 2.05. The fourth-order valence-electron chi connectivity index (χ4n) is 3.43. The van der Waals surface area contributed by atoms with Crippen LogP contribution in [0.25, 0.3) is 10.2 Å². The fourth-order valence-corrected chi connectivity index (χ4v) is 4.71. The molecule has 2 heterocycles. The lowest BCUT2D eigenvalue weighted by Crippen LogP contribution is -2.43. The number of hydrogen-bond acceptors (Lipinski definition) is 5. The molecule has 3 aromatic rings. The van der Waals surface area contributed by atoms with Crippen molar-refractivity contribution in [2.45, 2.75) is 12.8 Å². The maximum absolute atomic E-state index is 13.2. The Kier molecular flexibility index (Phi) is 6.77. The summed E-state index contributed by atoms with van der Waals surface area (Å²) in [6.45, 7) is 4.75. The second-order valence-electron chi connectivity index (χ2n) is 7.09. The Morgan fingerprint density at radius 3 is 2.76 bits per heavy atom. The summed E-state index contributed by atoms with van der Waals surface area (Å²) in [6, 6.07) is 15.8. The number of fused-ring (bicyclic) bond motifs is 1. The number of hydrogen-bond donors (Lipinski definition) is 0. The zero-order valence-electron chi connectivity index (χ0n) is 16.2. The molecule has 1 amide bonds. The van der Waals surface area contributed by atoms with Crippen molar-refractivity contribution in [3.05, 3.63) is 59.1 Å². The van der Waals surface area contributed by atoms with Crippen LogP contribution in [-0.2, 0) is 16.0 Å². The van der Waals surface area contributed by atoms with Crippen LogP contribution in [0.1, 0.15) is 12.0 Å². The Bertz CT molecular complexity index is 957. The normalized spacial score (nSPS) is 14.9. The SMILES string of the molecule is O=C(CCc1ccccc1)N(CCN1CCOCC1)c1nc2ccc(Cl)cc2s1. The standard InChI is InChI=1S/C22H24ClN3O2S/c23-18-7-8-19-20(16-18)29-22(24-19)26(11-10-25-12-14-28-15-13-25)21(27)9-6-17-4-2-1-3-5-17/h1-5,7-8,16H,6,9-15H2. The summed E-state index contributed by atoms with van der Waals surface area (Å²) in [5.74, 6) is 0.104. The van der Waals surface area contributed by atoms with Crippen LogP contribution in [0.3, 0.4) is 0 Å². The van der Waals surface area contributed by atoms with Crippen molar-refractivity contribution in [2.24, 2.45) is 0 Å². The third-order valence-corrected chi connectivity index (χ3v) is 6.36. The van der Waals surface area contributed by atoms with E-state index in [4.69, 9.17) is 21.3 Å².